The lowest BCUT2D eigenvalue weighted by Gasteiger charge is -2.35. The van der Waals surface area contributed by atoms with Crippen LogP contribution in [0, 0.1) is 0 Å². The Balaban J connectivity index is 1.58. The van der Waals surface area contributed by atoms with Crippen molar-refractivity contribution in [2.24, 2.45) is 10.7 Å². The highest BCUT2D eigenvalue weighted by molar-refractivity contribution is 5.78. The molecule has 0 bridgehead atoms. The van der Waals surface area contributed by atoms with Gasteiger partial charge >= 0.3 is 6.18 Å². The molecule has 3 rings (SSSR count). The highest BCUT2D eigenvalue weighted by Crippen LogP contribution is 2.27. The average Bonchev–Trinajstić information content (AvgIpc) is 2.66. The molecule has 7 nitrogen and oxygen atoms in total. The summed E-state index contributed by atoms with van der Waals surface area (Å²) in [7, 11) is 0. The van der Waals surface area contributed by atoms with E-state index in [2.05, 4.69) is 19.9 Å². The SMILES string of the molecule is NC(=NCc1cccc(C(F)(F)F)n1)N1CCN(c2ncccn2)CC1. The van der Waals surface area contributed by atoms with Crippen molar-refractivity contribution in [3.8, 4) is 0 Å². The summed E-state index contributed by atoms with van der Waals surface area (Å²) in [5, 5.41) is 0. The van der Waals surface area contributed by atoms with E-state index >= 15 is 0 Å². The smallest absolute Gasteiger partial charge is 0.370 e. The standard InChI is InChI=1S/C16H18F3N7/c17-16(18,19)13-4-1-3-12(24-13)11-23-14(20)25-7-9-26(10-8-25)15-21-5-2-6-22-15/h1-6H,7-11H2,(H2,20,23). The second-order valence-corrected chi connectivity index (χ2v) is 5.71. The van der Waals surface area contributed by atoms with Gasteiger partial charge < -0.3 is 15.5 Å². The van der Waals surface area contributed by atoms with Gasteiger partial charge in [-0.2, -0.15) is 13.2 Å². The van der Waals surface area contributed by atoms with Crippen LogP contribution in [-0.4, -0.2) is 52.0 Å². The van der Waals surface area contributed by atoms with Crippen LogP contribution in [0.15, 0.2) is 41.7 Å². The second kappa shape index (κ2) is 7.54. The van der Waals surface area contributed by atoms with Gasteiger partial charge in [-0.15, -0.1) is 0 Å². The first kappa shape index (κ1) is 17.9. The molecule has 1 aliphatic heterocycles. The number of nitrogens with zero attached hydrogens (tertiary/aromatic N) is 6. The fourth-order valence-corrected chi connectivity index (χ4v) is 2.58. The Kier molecular flexibility index (Phi) is 5.19. The largest absolute Gasteiger partial charge is 0.433 e. The van der Waals surface area contributed by atoms with Crippen LogP contribution < -0.4 is 10.6 Å². The van der Waals surface area contributed by atoms with E-state index in [0.29, 0.717) is 32.1 Å². The van der Waals surface area contributed by atoms with E-state index in [1.807, 2.05) is 9.80 Å². The number of hydrogen-bond donors (Lipinski definition) is 1. The Morgan fingerprint density at radius 3 is 2.42 bits per heavy atom. The summed E-state index contributed by atoms with van der Waals surface area (Å²) in [5.74, 6) is 0.952. The molecule has 3 heterocycles. The van der Waals surface area contributed by atoms with Gasteiger partial charge in [-0.05, 0) is 18.2 Å². The molecule has 1 saturated heterocycles. The van der Waals surface area contributed by atoms with Crippen LogP contribution in [0.1, 0.15) is 11.4 Å². The van der Waals surface area contributed by atoms with Crippen molar-refractivity contribution in [2.75, 3.05) is 31.1 Å². The Bertz CT molecular complexity index is 756. The summed E-state index contributed by atoms with van der Waals surface area (Å²) in [4.78, 5) is 20.1. The third-order valence-corrected chi connectivity index (χ3v) is 3.94. The summed E-state index contributed by atoms with van der Waals surface area (Å²) in [6, 6.07) is 5.50. The van der Waals surface area contributed by atoms with E-state index in [1.54, 1.807) is 18.5 Å². The van der Waals surface area contributed by atoms with E-state index in [9.17, 15) is 13.2 Å². The molecule has 0 aliphatic carbocycles. The Morgan fingerprint density at radius 1 is 1.08 bits per heavy atom. The number of rotatable bonds is 3. The first-order valence-corrected chi connectivity index (χ1v) is 8.03. The van der Waals surface area contributed by atoms with Crippen molar-refractivity contribution in [1.29, 1.82) is 0 Å². The van der Waals surface area contributed by atoms with Crippen molar-refractivity contribution >= 4 is 11.9 Å². The zero-order valence-corrected chi connectivity index (χ0v) is 13.9. The van der Waals surface area contributed by atoms with Crippen LogP contribution in [0.2, 0.25) is 0 Å². The second-order valence-electron chi connectivity index (χ2n) is 5.71. The van der Waals surface area contributed by atoms with Gasteiger partial charge in [0.1, 0.15) is 5.69 Å². The van der Waals surface area contributed by atoms with Crippen molar-refractivity contribution < 1.29 is 13.2 Å². The lowest BCUT2D eigenvalue weighted by molar-refractivity contribution is -0.141. The number of hydrogen-bond acceptors (Lipinski definition) is 5. The van der Waals surface area contributed by atoms with Gasteiger partial charge in [0.2, 0.25) is 5.95 Å². The number of piperazine rings is 1. The van der Waals surface area contributed by atoms with Crippen LogP contribution >= 0.6 is 0 Å². The zero-order chi connectivity index (χ0) is 18.6. The molecular formula is C16H18F3N7. The van der Waals surface area contributed by atoms with Gasteiger partial charge in [0, 0.05) is 38.6 Å². The number of halogens is 3. The number of anilines is 1. The topological polar surface area (TPSA) is 83.5 Å². The molecule has 0 radical (unpaired) electrons. The quantitative estimate of drug-likeness (QED) is 0.656. The molecule has 2 N–H and O–H groups in total. The lowest BCUT2D eigenvalue weighted by atomic mass is 10.3. The van der Waals surface area contributed by atoms with E-state index in [0.717, 1.165) is 6.07 Å². The van der Waals surface area contributed by atoms with Gasteiger partial charge in [0.05, 0.1) is 12.2 Å². The molecular weight excluding hydrogens is 347 g/mol. The number of pyridine rings is 1. The molecule has 26 heavy (non-hydrogen) atoms. The molecule has 2 aromatic rings. The lowest BCUT2D eigenvalue weighted by Crippen LogP contribution is -2.51. The minimum Gasteiger partial charge on any atom is -0.370 e. The summed E-state index contributed by atoms with van der Waals surface area (Å²) >= 11 is 0. The third kappa shape index (κ3) is 4.38. The molecule has 2 aromatic heterocycles. The molecule has 10 heteroatoms. The first-order valence-electron chi connectivity index (χ1n) is 8.03. The monoisotopic (exact) mass is 365 g/mol. The Hall–Kier alpha value is -2.91. The third-order valence-electron chi connectivity index (χ3n) is 3.94. The van der Waals surface area contributed by atoms with Gasteiger partial charge in [-0.25, -0.2) is 19.9 Å². The van der Waals surface area contributed by atoms with E-state index in [-0.39, 0.29) is 18.2 Å². The summed E-state index contributed by atoms with van der Waals surface area (Å²) in [6.07, 6.45) is -1.10. The van der Waals surface area contributed by atoms with Crippen molar-refractivity contribution in [1.82, 2.24) is 19.9 Å². The molecule has 0 spiro atoms. The minimum atomic E-state index is -4.47. The summed E-state index contributed by atoms with van der Waals surface area (Å²) < 4.78 is 38.1. The maximum atomic E-state index is 12.7. The fourth-order valence-electron chi connectivity index (χ4n) is 2.58. The summed E-state index contributed by atoms with van der Waals surface area (Å²) in [5.41, 5.74) is 5.27. The molecule has 0 amide bonds. The molecule has 0 atom stereocenters. The maximum Gasteiger partial charge on any atom is 0.433 e. The highest BCUT2D eigenvalue weighted by Gasteiger charge is 2.32. The predicted octanol–water partition coefficient (Wildman–Crippen LogP) is 1.53. The fraction of sp³-hybridized carbons (Fsp3) is 0.375. The number of guanidine groups is 1. The van der Waals surface area contributed by atoms with E-state index < -0.39 is 11.9 Å². The van der Waals surface area contributed by atoms with Crippen molar-refractivity contribution in [2.45, 2.75) is 12.7 Å². The van der Waals surface area contributed by atoms with Crippen LogP contribution in [0.25, 0.3) is 0 Å². The van der Waals surface area contributed by atoms with Gasteiger partial charge in [0.15, 0.2) is 5.96 Å². The van der Waals surface area contributed by atoms with E-state index in [4.69, 9.17) is 5.73 Å². The van der Waals surface area contributed by atoms with Crippen molar-refractivity contribution in [3.05, 3.63) is 48.0 Å². The molecule has 0 saturated carbocycles. The number of nitrogens with two attached hydrogens (primary N) is 1. The normalized spacial score (nSPS) is 16.0. The van der Waals surface area contributed by atoms with Crippen LogP contribution in [0.4, 0.5) is 19.1 Å². The van der Waals surface area contributed by atoms with Crippen LogP contribution in [0.3, 0.4) is 0 Å². The molecule has 1 aliphatic rings. The Labute approximate surface area is 148 Å². The Morgan fingerprint density at radius 2 is 1.77 bits per heavy atom. The van der Waals surface area contributed by atoms with Crippen LogP contribution in [0.5, 0.6) is 0 Å². The summed E-state index contributed by atoms with van der Waals surface area (Å²) in [6.45, 7) is 2.62. The number of alkyl halides is 3. The number of aliphatic imine (C=N–C) groups is 1. The van der Waals surface area contributed by atoms with Gasteiger partial charge in [-0.1, -0.05) is 6.07 Å². The highest BCUT2D eigenvalue weighted by atomic mass is 19.4. The molecule has 138 valence electrons. The van der Waals surface area contributed by atoms with E-state index in [1.165, 1.54) is 12.1 Å². The average molecular weight is 365 g/mol. The number of aromatic nitrogens is 3. The van der Waals surface area contributed by atoms with Crippen molar-refractivity contribution in [3.63, 3.8) is 0 Å². The minimum absolute atomic E-state index is 0.00222. The molecule has 1 fully saturated rings. The first-order chi connectivity index (χ1) is 12.4. The predicted molar refractivity (Wildman–Crippen MR) is 90.4 cm³/mol. The maximum absolute atomic E-state index is 12.7. The van der Waals surface area contributed by atoms with Crippen LogP contribution in [-0.2, 0) is 12.7 Å². The molecule has 0 unspecified atom stereocenters. The molecule has 0 aromatic carbocycles. The zero-order valence-electron chi connectivity index (χ0n) is 13.9. The van der Waals surface area contributed by atoms with Gasteiger partial charge in [-0.3, -0.25) is 0 Å². The van der Waals surface area contributed by atoms with Gasteiger partial charge in [0.25, 0.3) is 0 Å².